The maximum Gasteiger partial charge on any atom is 0.290 e. The molecule has 0 spiro atoms. The van der Waals surface area contributed by atoms with Gasteiger partial charge in [0.05, 0.1) is 40.4 Å². The number of ether oxygens (including phenoxy) is 2. The molecule has 1 N–H and O–H groups in total. The molecule has 1 unspecified atom stereocenters. The highest BCUT2D eigenvalue weighted by molar-refractivity contribution is 7.14. The van der Waals surface area contributed by atoms with Gasteiger partial charge in [0, 0.05) is 6.54 Å². The average molecular weight is 502 g/mol. The van der Waals surface area contributed by atoms with Gasteiger partial charge in [0.25, 0.3) is 5.91 Å². The van der Waals surface area contributed by atoms with E-state index in [1.165, 1.54) is 11.3 Å². The van der Waals surface area contributed by atoms with Crippen LogP contribution in [0.5, 0.6) is 11.5 Å². The molecule has 2 heterocycles. The molecular formula is C26H35N3O5S. The largest absolute Gasteiger partial charge is 0.503 e. The fourth-order valence-electron chi connectivity index (χ4n) is 4.18. The molecule has 0 fully saturated rings. The van der Waals surface area contributed by atoms with E-state index in [1.54, 1.807) is 17.9 Å². The second kappa shape index (κ2) is 11.7. The van der Waals surface area contributed by atoms with Gasteiger partial charge in [-0.25, -0.2) is 4.98 Å². The zero-order valence-corrected chi connectivity index (χ0v) is 22.2. The van der Waals surface area contributed by atoms with E-state index in [0.717, 1.165) is 18.0 Å². The number of amides is 1. The molecule has 8 nitrogen and oxygen atoms in total. The first kappa shape index (κ1) is 26.7. The number of rotatable bonds is 12. The lowest BCUT2D eigenvalue weighted by molar-refractivity contribution is -0.129. The summed E-state index contributed by atoms with van der Waals surface area (Å²) in [6.45, 7) is 9.65. The van der Waals surface area contributed by atoms with Crippen LogP contribution >= 0.6 is 11.3 Å². The molecule has 0 saturated carbocycles. The molecule has 9 heteroatoms. The summed E-state index contributed by atoms with van der Waals surface area (Å²) < 4.78 is 11.7. The van der Waals surface area contributed by atoms with Crippen molar-refractivity contribution < 1.29 is 24.2 Å². The minimum absolute atomic E-state index is 0.0799. The second-order valence-corrected chi connectivity index (χ2v) is 9.99. The fraction of sp³-hybridized carbons (Fsp3) is 0.500. The number of nitrogens with zero attached hydrogens (tertiary/aromatic N) is 3. The van der Waals surface area contributed by atoms with E-state index in [4.69, 9.17) is 9.47 Å². The highest BCUT2D eigenvalue weighted by atomic mass is 32.1. The van der Waals surface area contributed by atoms with Gasteiger partial charge in [-0.1, -0.05) is 13.0 Å². The Morgan fingerprint density at radius 2 is 1.94 bits per heavy atom. The minimum atomic E-state index is -0.738. The minimum Gasteiger partial charge on any atom is -0.503 e. The van der Waals surface area contributed by atoms with Crippen molar-refractivity contribution in [3.05, 3.63) is 50.7 Å². The van der Waals surface area contributed by atoms with Crippen LogP contribution in [0.1, 0.15) is 58.7 Å². The van der Waals surface area contributed by atoms with Crippen LogP contribution in [-0.4, -0.2) is 72.0 Å². The highest BCUT2D eigenvalue weighted by Crippen LogP contribution is 2.42. The maximum absolute atomic E-state index is 13.7. The molecule has 0 aliphatic carbocycles. The Balaban J connectivity index is 2.08. The van der Waals surface area contributed by atoms with Crippen LogP contribution in [0.2, 0.25) is 0 Å². The van der Waals surface area contributed by atoms with Gasteiger partial charge in [0.1, 0.15) is 0 Å². The highest BCUT2D eigenvalue weighted by Gasteiger charge is 2.44. The third kappa shape index (κ3) is 5.85. The Hall–Kier alpha value is -2.91. The van der Waals surface area contributed by atoms with E-state index in [9.17, 15) is 14.7 Å². The van der Waals surface area contributed by atoms with Crippen molar-refractivity contribution in [3.63, 3.8) is 0 Å². The van der Waals surface area contributed by atoms with Gasteiger partial charge in [-0.05, 0) is 71.9 Å². The number of thiazole rings is 1. The molecule has 0 bridgehead atoms. The molecule has 1 aromatic carbocycles. The second-order valence-electron chi connectivity index (χ2n) is 8.78. The van der Waals surface area contributed by atoms with Crippen molar-refractivity contribution >= 4 is 23.0 Å². The number of benzene rings is 1. The molecule has 1 aromatic heterocycles. The first-order chi connectivity index (χ1) is 16.7. The number of carbonyl (C=O) groups excluding carboxylic acids is 2. The number of carbonyl (C=O) groups is 2. The van der Waals surface area contributed by atoms with Gasteiger partial charge in [-0.15, -0.1) is 11.3 Å². The van der Waals surface area contributed by atoms with Gasteiger partial charge < -0.3 is 24.4 Å². The first-order valence-corrected chi connectivity index (χ1v) is 12.8. The molecule has 3 rings (SSSR count). The predicted octanol–water partition coefficient (Wildman–Crippen LogP) is 4.48. The van der Waals surface area contributed by atoms with E-state index in [-0.39, 0.29) is 11.4 Å². The number of hydrogen-bond donors (Lipinski definition) is 1. The average Bonchev–Trinajstić information content (AvgIpc) is 3.28. The monoisotopic (exact) mass is 501 g/mol. The molecule has 1 aliphatic heterocycles. The first-order valence-electron chi connectivity index (χ1n) is 12.0. The van der Waals surface area contributed by atoms with Gasteiger partial charge in [-0.3, -0.25) is 9.59 Å². The lowest BCUT2D eigenvalue weighted by atomic mass is 9.94. The van der Waals surface area contributed by atoms with Crippen molar-refractivity contribution in [2.45, 2.75) is 46.6 Å². The predicted molar refractivity (Wildman–Crippen MR) is 137 cm³/mol. The van der Waals surface area contributed by atoms with Gasteiger partial charge in [-0.2, -0.15) is 0 Å². The van der Waals surface area contributed by atoms with Crippen LogP contribution in [0.4, 0.5) is 0 Å². The molecular weight excluding hydrogens is 466 g/mol. The zero-order chi connectivity index (χ0) is 25.7. The van der Waals surface area contributed by atoms with E-state index < -0.39 is 17.7 Å². The summed E-state index contributed by atoms with van der Waals surface area (Å²) in [7, 11) is 3.93. The lowest BCUT2D eigenvalue weighted by Gasteiger charge is -2.28. The zero-order valence-electron chi connectivity index (χ0n) is 21.4. The van der Waals surface area contributed by atoms with Crippen LogP contribution in [-0.2, 0) is 4.79 Å². The van der Waals surface area contributed by atoms with Crippen LogP contribution in [0.3, 0.4) is 0 Å². The molecule has 0 saturated heterocycles. The SMILES string of the molecule is CCCOc1ccc(C2C(C(=O)c3sc(C)nc3C)=C(O)C(=O)N2CCCN(C)C)cc1OCC. The summed E-state index contributed by atoms with van der Waals surface area (Å²) in [4.78, 5) is 35.3. The lowest BCUT2D eigenvalue weighted by Crippen LogP contribution is -2.33. The van der Waals surface area contributed by atoms with E-state index in [0.29, 0.717) is 53.8 Å². The Morgan fingerprint density at radius 3 is 2.54 bits per heavy atom. The van der Waals surface area contributed by atoms with Crippen molar-refractivity contribution in [1.29, 1.82) is 0 Å². The normalized spacial score (nSPS) is 15.9. The van der Waals surface area contributed by atoms with Gasteiger partial charge in [0.15, 0.2) is 17.3 Å². The number of aromatic nitrogens is 1. The number of aliphatic hydroxyl groups is 1. The van der Waals surface area contributed by atoms with Crippen LogP contribution in [0, 0.1) is 13.8 Å². The van der Waals surface area contributed by atoms with E-state index in [1.807, 2.05) is 51.9 Å². The Bertz CT molecular complexity index is 1110. The molecule has 2 aromatic rings. The van der Waals surface area contributed by atoms with Crippen molar-refractivity contribution in [1.82, 2.24) is 14.8 Å². The maximum atomic E-state index is 13.7. The number of aliphatic hydroxyl groups excluding tert-OH is 1. The summed E-state index contributed by atoms with van der Waals surface area (Å²) in [5.41, 5.74) is 1.35. The van der Waals surface area contributed by atoms with Crippen molar-refractivity contribution in [3.8, 4) is 11.5 Å². The molecule has 1 amide bonds. The van der Waals surface area contributed by atoms with E-state index in [2.05, 4.69) is 4.98 Å². The van der Waals surface area contributed by atoms with Gasteiger partial charge in [0.2, 0.25) is 5.78 Å². The Kier molecular flexibility index (Phi) is 8.91. The topological polar surface area (TPSA) is 92.2 Å². The number of aryl methyl sites for hydroxylation is 2. The Morgan fingerprint density at radius 1 is 1.20 bits per heavy atom. The fourth-order valence-corrected chi connectivity index (χ4v) is 5.05. The summed E-state index contributed by atoms with van der Waals surface area (Å²) in [5, 5.41) is 11.7. The van der Waals surface area contributed by atoms with Gasteiger partial charge >= 0.3 is 0 Å². The van der Waals surface area contributed by atoms with Crippen molar-refractivity contribution in [2.75, 3.05) is 40.4 Å². The third-order valence-corrected chi connectivity index (χ3v) is 6.78. The summed E-state index contributed by atoms with van der Waals surface area (Å²) in [5.74, 6) is -0.263. The smallest absolute Gasteiger partial charge is 0.290 e. The van der Waals surface area contributed by atoms with Crippen LogP contribution in [0.25, 0.3) is 0 Å². The molecule has 190 valence electrons. The number of hydrogen-bond acceptors (Lipinski definition) is 8. The number of Topliss-reactive ketones (excluding diaryl/α,β-unsaturated/α-hetero) is 1. The molecule has 35 heavy (non-hydrogen) atoms. The van der Waals surface area contributed by atoms with Crippen molar-refractivity contribution in [2.24, 2.45) is 0 Å². The number of ketones is 1. The summed E-state index contributed by atoms with van der Waals surface area (Å²) in [6, 6.07) is 4.71. The van der Waals surface area contributed by atoms with E-state index >= 15 is 0 Å². The third-order valence-electron chi connectivity index (χ3n) is 5.71. The molecule has 0 radical (unpaired) electrons. The summed E-state index contributed by atoms with van der Waals surface area (Å²) in [6.07, 6.45) is 1.55. The molecule has 1 aliphatic rings. The quantitative estimate of drug-likeness (QED) is 0.429. The Labute approximate surface area is 211 Å². The molecule has 1 atom stereocenters. The van der Waals surface area contributed by atoms with Crippen LogP contribution in [0.15, 0.2) is 29.5 Å². The summed E-state index contributed by atoms with van der Waals surface area (Å²) >= 11 is 1.27. The standard InChI is InChI=1S/C26H35N3O5S/c1-7-14-34-19-11-10-18(15-20(19)33-8-2)22-21(23(30)25-16(3)27-17(4)35-25)24(31)26(32)29(22)13-9-12-28(5)6/h10-11,15,22,31H,7-9,12-14H2,1-6H3. The van der Waals surface area contributed by atoms with Crippen LogP contribution < -0.4 is 9.47 Å².